The maximum Gasteiger partial charge on any atom is 0.320 e. The Hall–Kier alpha value is -1.72. The SMILES string of the molecule is CCN(CC)C(=O)N1CCN(c2nccn2C)CC1. The first-order valence-corrected chi connectivity index (χ1v) is 6.93. The fourth-order valence-corrected chi connectivity index (χ4v) is 2.45. The summed E-state index contributed by atoms with van der Waals surface area (Å²) in [7, 11) is 2.00. The van der Waals surface area contributed by atoms with Crippen LogP contribution in [0.15, 0.2) is 12.4 Å². The van der Waals surface area contributed by atoms with E-state index in [0.29, 0.717) is 0 Å². The minimum Gasteiger partial charge on any atom is -0.339 e. The summed E-state index contributed by atoms with van der Waals surface area (Å²) in [5.74, 6) is 0.981. The van der Waals surface area contributed by atoms with Crippen molar-refractivity contribution in [3.05, 3.63) is 12.4 Å². The van der Waals surface area contributed by atoms with Gasteiger partial charge in [0.1, 0.15) is 0 Å². The number of aromatic nitrogens is 2. The van der Waals surface area contributed by atoms with E-state index in [-0.39, 0.29) is 6.03 Å². The Labute approximate surface area is 114 Å². The fraction of sp³-hybridized carbons (Fsp3) is 0.692. The van der Waals surface area contributed by atoms with Crippen LogP contribution in [0.2, 0.25) is 0 Å². The van der Waals surface area contributed by atoms with Crippen LogP contribution in [0, 0.1) is 0 Å². The number of aryl methyl sites for hydroxylation is 1. The Kier molecular flexibility index (Phi) is 4.29. The quantitative estimate of drug-likeness (QED) is 0.819. The Morgan fingerprint density at radius 1 is 1.26 bits per heavy atom. The molecule has 0 aliphatic carbocycles. The summed E-state index contributed by atoms with van der Waals surface area (Å²) in [6.45, 7) is 8.81. The minimum atomic E-state index is 0.157. The highest BCUT2D eigenvalue weighted by atomic mass is 16.2. The van der Waals surface area contributed by atoms with Crippen LogP contribution >= 0.6 is 0 Å². The van der Waals surface area contributed by atoms with Gasteiger partial charge in [-0.25, -0.2) is 9.78 Å². The first-order chi connectivity index (χ1) is 9.17. The van der Waals surface area contributed by atoms with E-state index in [1.807, 2.05) is 47.7 Å². The van der Waals surface area contributed by atoms with Gasteiger partial charge in [-0.1, -0.05) is 0 Å². The van der Waals surface area contributed by atoms with Crippen molar-refractivity contribution >= 4 is 12.0 Å². The average Bonchev–Trinajstić information content (AvgIpc) is 2.86. The Bertz CT molecular complexity index is 418. The highest BCUT2D eigenvalue weighted by molar-refractivity contribution is 5.74. The van der Waals surface area contributed by atoms with Gasteiger partial charge < -0.3 is 19.3 Å². The van der Waals surface area contributed by atoms with E-state index in [4.69, 9.17) is 0 Å². The molecule has 1 saturated heterocycles. The number of hydrogen-bond acceptors (Lipinski definition) is 3. The molecule has 2 amide bonds. The van der Waals surface area contributed by atoms with Gasteiger partial charge in [0, 0.05) is 58.7 Å². The molecule has 0 aromatic carbocycles. The number of hydrogen-bond donors (Lipinski definition) is 0. The third-order valence-corrected chi connectivity index (χ3v) is 3.66. The number of urea groups is 1. The van der Waals surface area contributed by atoms with Gasteiger partial charge in [0.2, 0.25) is 5.95 Å². The molecule has 6 nitrogen and oxygen atoms in total. The zero-order chi connectivity index (χ0) is 13.8. The molecule has 1 aromatic heterocycles. The Morgan fingerprint density at radius 3 is 2.37 bits per heavy atom. The van der Waals surface area contributed by atoms with Crippen LogP contribution in [0.4, 0.5) is 10.7 Å². The molecular weight excluding hydrogens is 242 g/mol. The molecule has 106 valence electrons. The van der Waals surface area contributed by atoms with E-state index in [0.717, 1.165) is 45.2 Å². The van der Waals surface area contributed by atoms with Gasteiger partial charge in [0.25, 0.3) is 0 Å². The summed E-state index contributed by atoms with van der Waals surface area (Å²) in [4.78, 5) is 22.6. The van der Waals surface area contributed by atoms with Crippen LogP contribution in [0.5, 0.6) is 0 Å². The van der Waals surface area contributed by atoms with Crippen molar-refractivity contribution in [3.8, 4) is 0 Å². The van der Waals surface area contributed by atoms with Crippen LogP contribution in [0.25, 0.3) is 0 Å². The minimum absolute atomic E-state index is 0.157. The molecule has 19 heavy (non-hydrogen) atoms. The maximum absolute atomic E-state index is 12.2. The van der Waals surface area contributed by atoms with Crippen LogP contribution in [-0.2, 0) is 7.05 Å². The standard InChI is InChI=1S/C13H23N5O/c1-4-16(5-2)13(19)18-10-8-17(9-11-18)12-14-6-7-15(12)3/h6-7H,4-5,8-11H2,1-3H3. The van der Waals surface area contributed by atoms with Crippen molar-refractivity contribution in [1.82, 2.24) is 19.4 Å². The van der Waals surface area contributed by atoms with E-state index >= 15 is 0 Å². The molecule has 2 rings (SSSR count). The monoisotopic (exact) mass is 265 g/mol. The Balaban J connectivity index is 1.92. The van der Waals surface area contributed by atoms with Crippen molar-refractivity contribution in [2.24, 2.45) is 7.05 Å². The van der Waals surface area contributed by atoms with Gasteiger partial charge in [-0.3, -0.25) is 0 Å². The number of rotatable bonds is 3. The number of anilines is 1. The van der Waals surface area contributed by atoms with Crippen molar-refractivity contribution in [2.75, 3.05) is 44.2 Å². The zero-order valence-electron chi connectivity index (χ0n) is 12.0. The highest BCUT2D eigenvalue weighted by Crippen LogP contribution is 2.13. The molecule has 1 aliphatic heterocycles. The van der Waals surface area contributed by atoms with E-state index < -0.39 is 0 Å². The highest BCUT2D eigenvalue weighted by Gasteiger charge is 2.25. The second-order valence-electron chi connectivity index (χ2n) is 4.77. The fourth-order valence-electron chi connectivity index (χ4n) is 2.45. The predicted octanol–water partition coefficient (Wildman–Crippen LogP) is 1.00. The molecule has 0 radical (unpaired) electrons. The summed E-state index contributed by atoms with van der Waals surface area (Å²) >= 11 is 0. The molecule has 0 N–H and O–H groups in total. The summed E-state index contributed by atoms with van der Waals surface area (Å²) < 4.78 is 2.02. The molecule has 0 bridgehead atoms. The van der Waals surface area contributed by atoms with E-state index in [2.05, 4.69) is 9.88 Å². The lowest BCUT2D eigenvalue weighted by Gasteiger charge is -2.37. The van der Waals surface area contributed by atoms with Gasteiger partial charge in [-0.05, 0) is 13.8 Å². The molecule has 6 heteroatoms. The predicted molar refractivity (Wildman–Crippen MR) is 75.3 cm³/mol. The topological polar surface area (TPSA) is 44.6 Å². The smallest absolute Gasteiger partial charge is 0.320 e. The molecule has 2 heterocycles. The van der Waals surface area contributed by atoms with Crippen LogP contribution in [-0.4, -0.2) is 64.7 Å². The summed E-state index contributed by atoms with van der Waals surface area (Å²) in [5, 5.41) is 0. The lowest BCUT2D eigenvalue weighted by Crippen LogP contribution is -2.53. The van der Waals surface area contributed by atoms with Gasteiger partial charge >= 0.3 is 6.03 Å². The number of piperazine rings is 1. The van der Waals surface area contributed by atoms with Gasteiger partial charge in [0.05, 0.1) is 0 Å². The number of nitrogens with zero attached hydrogens (tertiary/aromatic N) is 5. The summed E-state index contributed by atoms with van der Waals surface area (Å²) in [5.41, 5.74) is 0. The van der Waals surface area contributed by atoms with E-state index in [9.17, 15) is 4.79 Å². The largest absolute Gasteiger partial charge is 0.339 e. The third-order valence-electron chi connectivity index (χ3n) is 3.66. The molecule has 0 spiro atoms. The van der Waals surface area contributed by atoms with Gasteiger partial charge in [-0.15, -0.1) is 0 Å². The molecule has 1 aromatic rings. The third kappa shape index (κ3) is 2.83. The second kappa shape index (κ2) is 5.95. The average molecular weight is 265 g/mol. The van der Waals surface area contributed by atoms with Crippen LogP contribution in [0.1, 0.15) is 13.8 Å². The first-order valence-electron chi connectivity index (χ1n) is 6.93. The molecular formula is C13H23N5O. The normalized spacial score (nSPS) is 15.7. The number of carbonyl (C=O) groups excluding carboxylic acids is 1. The second-order valence-corrected chi connectivity index (χ2v) is 4.77. The van der Waals surface area contributed by atoms with Crippen molar-refractivity contribution in [2.45, 2.75) is 13.8 Å². The van der Waals surface area contributed by atoms with Gasteiger partial charge in [0.15, 0.2) is 0 Å². The number of carbonyl (C=O) groups is 1. The lowest BCUT2D eigenvalue weighted by molar-refractivity contribution is 0.154. The summed E-state index contributed by atoms with van der Waals surface area (Å²) in [6.07, 6.45) is 3.76. The zero-order valence-corrected chi connectivity index (χ0v) is 12.0. The first kappa shape index (κ1) is 13.7. The molecule has 0 atom stereocenters. The molecule has 0 unspecified atom stereocenters. The van der Waals surface area contributed by atoms with Crippen molar-refractivity contribution in [1.29, 1.82) is 0 Å². The van der Waals surface area contributed by atoms with E-state index in [1.54, 1.807) is 0 Å². The van der Waals surface area contributed by atoms with Gasteiger partial charge in [-0.2, -0.15) is 0 Å². The molecule has 0 saturated carbocycles. The van der Waals surface area contributed by atoms with Crippen molar-refractivity contribution < 1.29 is 4.79 Å². The number of imidazole rings is 1. The lowest BCUT2D eigenvalue weighted by atomic mass is 10.3. The molecule has 1 aliphatic rings. The molecule has 1 fully saturated rings. The summed E-state index contributed by atoms with van der Waals surface area (Å²) in [6, 6.07) is 0.157. The van der Waals surface area contributed by atoms with E-state index in [1.165, 1.54) is 0 Å². The maximum atomic E-state index is 12.2. The van der Waals surface area contributed by atoms with Crippen LogP contribution in [0.3, 0.4) is 0 Å². The Morgan fingerprint density at radius 2 is 1.89 bits per heavy atom. The van der Waals surface area contributed by atoms with Crippen molar-refractivity contribution in [3.63, 3.8) is 0 Å². The van der Waals surface area contributed by atoms with Crippen LogP contribution < -0.4 is 4.90 Å². The number of amides is 2.